The molecule has 25 heavy (non-hydrogen) atoms. The predicted octanol–water partition coefficient (Wildman–Crippen LogP) is 2.32. The monoisotopic (exact) mass is 347 g/mol. The van der Waals surface area contributed by atoms with Crippen LogP contribution in [-0.2, 0) is 11.3 Å². The van der Waals surface area contributed by atoms with Gasteiger partial charge in [0.15, 0.2) is 0 Å². The number of hydrogen-bond donors (Lipinski definition) is 0. The Hall–Kier alpha value is -1.59. The summed E-state index contributed by atoms with van der Waals surface area (Å²) in [5.74, 6) is 1.82. The number of benzene rings is 1. The minimum Gasteiger partial charge on any atom is -0.496 e. The number of nitrogens with zero attached hydrogens (tertiary/aromatic N) is 3. The van der Waals surface area contributed by atoms with E-state index in [4.69, 9.17) is 4.74 Å². The third kappa shape index (κ3) is 6.33. The summed E-state index contributed by atoms with van der Waals surface area (Å²) in [6, 6.07) is 7.88. The number of hydrogen-bond acceptors (Lipinski definition) is 4. The van der Waals surface area contributed by atoms with Gasteiger partial charge in [0.25, 0.3) is 0 Å². The Kier molecular flexibility index (Phi) is 7.72. The Morgan fingerprint density at radius 3 is 2.52 bits per heavy atom. The minimum atomic E-state index is 0.178. The fourth-order valence-corrected chi connectivity index (χ4v) is 3.36. The molecule has 0 spiro atoms. The summed E-state index contributed by atoms with van der Waals surface area (Å²) in [7, 11) is 7.80. The molecule has 0 N–H and O–H groups in total. The summed E-state index contributed by atoms with van der Waals surface area (Å²) in [5.41, 5.74) is 1.04. The lowest BCUT2D eigenvalue weighted by molar-refractivity contribution is -0.132. The summed E-state index contributed by atoms with van der Waals surface area (Å²) in [6.45, 7) is 4.33. The number of carbonyl (C=O) groups excluding carboxylic acids is 1. The number of likely N-dealkylation sites (tertiary alicyclic amines) is 1. The van der Waals surface area contributed by atoms with Gasteiger partial charge in [0.05, 0.1) is 13.7 Å². The van der Waals surface area contributed by atoms with E-state index < -0.39 is 0 Å². The van der Waals surface area contributed by atoms with Crippen molar-refractivity contribution in [3.63, 3.8) is 0 Å². The van der Waals surface area contributed by atoms with Crippen LogP contribution in [-0.4, -0.2) is 75.0 Å². The van der Waals surface area contributed by atoms with E-state index >= 15 is 0 Å². The van der Waals surface area contributed by atoms with Crippen molar-refractivity contribution in [3.8, 4) is 5.75 Å². The lowest BCUT2D eigenvalue weighted by Crippen LogP contribution is -2.42. The summed E-state index contributed by atoms with van der Waals surface area (Å²) in [6.07, 6.45) is 3.68. The number of para-hydroxylation sites is 1. The normalized spacial score (nSPS) is 16.2. The van der Waals surface area contributed by atoms with Gasteiger partial charge in [-0.3, -0.25) is 9.69 Å². The van der Waals surface area contributed by atoms with Gasteiger partial charge in [-0.25, -0.2) is 0 Å². The number of carbonyl (C=O) groups is 1. The second-order valence-corrected chi connectivity index (χ2v) is 7.37. The third-order valence-corrected chi connectivity index (χ3v) is 5.08. The second-order valence-electron chi connectivity index (χ2n) is 7.37. The lowest BCUT2D eigenvalue weighted by atomic mass is 9.93. The van der Waals surface area contributed by atoms with Crippen molar-refractivity contribution < 1.29 is 9.53 Å². The van der Waals surface area contributed by atoms with Gasteiger partial charge in [-0.2, -0.15) is 0 Å². The highest BCUT2D eigenvalue weighted by molar-refractivity contribution is 5.78. The van der Waals surface area contributed by atoms with Crippen LogP contribution in [0.1, 0.15) is 24.8 Å². The Balaban J connectivity index is 1.76. The molecule has 0 aliphatic carbocycles. The largest absolute Gasteiger partial charge is 0.496 e. The van der Waals surface area contributed by atoms with Crippen LogP contribution in [0.15, 0.2) is 24.3 Å². The van der Waals surface area contributed by atoms with E-state index in [1.165, 1.54) is 19.3 Å². The Bertz CT molecular complexity index is 539. The first-order valence-corrected chi connectivity index (χ1v) is 9.22. The summed E-state index contributed by atoms with van der Waals surface area (Å²) >= 11 is 0. The molecule has 1 aromatic rings. The number of piperidine rings is 1. The van der Waals surface area contributed by atoms with Crippen LogP contribution in [0.5, 0.6) is 5.75 Å². The highest BCUT2D eigenvalue weighted by atomic mass is 16.5. The van der Waals surface area contributed by atoms with Crippen molar-refractivity contribution in [2.75, 3.05) is 54.4 Å². The van der Waals surface area contributed by atoms with Crippen molar-refractivity contribution in [3.05, 3.63) is 29.8 Å². The van der Waals surface area contributed by atoms with Gasteiger partial charge in [-0.1, -0.05) is 18.2 Å². The Morgan fingerprint density at radius 2 is 1.88 bits per heavy atom. The van der Waals surface area contributed by atoms with Crippen LogP contribution >= 0.6 is 0 Å². The van der Waals surface area contributed by atoms with Crippen molar-refractivity contribution in [2.45, 2.75) is 25.8 Å². The topological polar surface area (TPSA) is 36.0 Å². The molecule has 0 aromatic heterocycles. The van der Waals surface area contributed by atoms with E-state index in [0.29, 0.717) is 13.1 Å². The van der Waals surface area contributed by atoms with Crippen molar-refractivity contribution in [1.29, 1.82) is 0 Å². The maximum absolute atomic E-state index is 12.5. The molecule has 1 fully saturated rings. The van der Waals surface area contributed by atoms with Crippen molar-refractivity contribution >= 4 is 5.91 Å². The number of rotatable bonds is 8. The third-order valence-electron chi connectivity index (χ3n) is 5.08. The molecule has 2 rings (SSSR count). The average Bonchev–Trinajstić information content (AvgIpc) is 2.61. The van der Waals surface area contributed by atoms with Gasteiger partial charge >= 0.3 is 0 Å². The fraction of sp³-hybridized carbons (Fsp3) is 0.650. The first-order valence-electron chi connectivity index (χ1n) is 9.22. The quantitative estimate of drug-likeness (QED) is 0.723. The molecule has 0 saturated carbocycles. The van der Waals surface area contributed by atoms with E-state index in [0.717, 1.165) is 36.9 Å². The van der Waals surface area contributed by atoms with Gasteiger partial charge in [-0.05, 0) is 65.0 Å². The molecule has 1 amide bonds. The first kappa shape index (κ1) is 19.7. The smallest absolute Gasteiger partial charge is 0.236 e. The van der Waals surface area contributed by atoms with E-state index in [1.807, 2.05) is 31.3 Å². The Labute approximate surface area is 152 Å². The SMILES string of the molecule is COc1ccccc1CN(C)C(=O)CN1CCC(CCN(C)C)CC1. The van der Waals surface area contributed by atoms with E-state index in [2.05, 4.69) is 23.9 Å². The molecule has 1 saturated heterocycles. The van der Waals surface area contributed by atoms with Crippen LogP contribution in [0.2, 0.25) is 0 Å². The second kappa shape index (κ2) is 9.78. The molecule has 1 heterocycles. The van der Waals surface area contributed by atoms with E-state index in [-0.39, 0.29) is 5.91 Å². The zero-order valence-electron chi connectivity index (χ0n) is 16.2. The molecular weight excluding hydrogens is 314 g/mol. The van der Waals surface area contributed by atoms with Gasteiger partial charge in [0.2, 0.25) is 5.91 Å². The molecule has 0 atom stereocenters. The number of amides is 1. The van der Waals surface area contributed by atoms with Crippen molar-refractivity contribution in [1.82, 2.24) is 14.7 Å². The predicted molar refractivity (Wildman–Crippen MR) is 102 cm³/mol. The van der Waals surface area contributed by atoms with E-state index in [9.17, 15) is 4.79 Å². The van der Waals surface area contributed by atoms with Gasteiger partial charge < -0.3 is 14.5 Å². The minimum absolute atomic E-state index is 0.178. The molecule has 0 radical (unpaired) electrons. The van der Waals surface area contributed by atoms with Gasteiger partial charge in [0, 0.05) is 19.2 Å². The van der Waals surface area contributed by atoms with Crippen LogP contribution in [0.25, 0.3) is 0 Å². The number of likely N-dealkylation sites (N-methyl/N-ethyl adjacent to an activating group) is 1. The molecule has 1 aromatic carbocycles. The molecule has 5 heteroatoms. The maximum atomic E-state index is 12.5. The van der Waals surface area contributed by atoms with Gasteiger partial charge in [0.1, 0.15) is 5.75 Å². The zero-order valence-corrected chi connectivity index (χ0v) is 16.2. The van der Waals surface area contributed by atoms with E-state index in [1.54, 1.807) is 12.0 Å². The molecular formula is C20H33N3O2. The maximum Gasteiger partial charge on any atom is 0.236 e. The van der Waals surface area contributed by atoms with Crippen LogP contribution in [0, 0.1) is 5.92 Å². The highest BCUT2D eigenvalue weighted by Gasteiger charge is 2.22. The molecule has 0 unspecified atom stereocenters. The van der Waals surface area contributed by atoms with Crippen LogP contribution < -0.4 is 4.74 Å². The standard InChI is InChI=1S/C20H33N3O2/c1-21(2)12-9-17-10-13-23(14-11-17)16-20(24)22(3)15-18-7-5-6-8-19(18)25-4/h5-8,17H,9-16H2,1-4H3. The molecule has 140 valence electrons. The Morgan fingerprint density at radius 1 is 1.20 bits per heavy atom. The lowest BCUT2D eigenvalue weighted by Gasteiger charge is -2.33. The first-order chi connectivity index (χ1) is 12.0. The zero-order chi connectivity index (χ0) is 18.2. The highest BCUT2D eigenvalue weighted by Crippen LogP contribution is 2.21. The summed E-state index contributed by atoms with van der Waals surface area (Å²) in [5, 5.41) is 0. The fourth-order valence-electron chi connectivity index (χ4n) is 3.36. The van der Waals surface area contributed by atoms with Crippen molar-refractivity contribution in [2.24, 2.45) is 5.92 Å². The molecule has 5 nitrogen and oxygen atoms in total. The van der Waals surface area contributed by atoms with Crippen LogP contribution in [0.3, 0.4) is 0 Å². The summed E-state index contributed by atoms with van der Waals surface area (Å²) in [4.78, 5) is 18.9. The van der Waals surface area contributed by atoms with Gasteiger partial charge in [-0.15, -0.1) is 0 Å². The number of methoxy groups -OCH3 is 1. The summed E-state index contributed by atoms with van der Waals surface area (Å²) < 4.78 is 5.38. The molecule has 0 bridgehead atoms. The molecule has 1 aliphatic rings. The number of ether oxygens (including phenoxy) is 1. The van der Waals surface area contributed by atoms with Crippen LogP contribution in [0.4, 0.5) is 0 Å². The molecule has 1 aliphatic heterocycles. The average molecular weight is 348 g/mol.